The smallest absolute Gasteiger partial charge is 0.255 e. The van der Waals surface area contributed by atoms with Crippen molar-refractivity contribution < 1.29 is 4.79 Å². The standard InChI is InChI=1S/C10H14N6O/c1-6-8(5-13-15-6)10(17)12-3-7-4-14-16(2)9(7)11/h4-5H,3,11H2,1-2H3,(H,12,17)(H,13,15). The number of aryl methyl sites for hydroxylation is 2. The van der Waals surface area contributed by atoms with E-state index in [1.54, 1.807) is 24.9 Å². The fraction of sp³-hybridized carbons (Fsp3) is 0.300. The van der Waals surface area contributed by atoms with Gasteiger partial charge in [-0.25, -0.2) is 0 Å². The van der Waals surface area contributed by atoms with Crippen LogP contribution >= 0.6 is 0 Å². The number of hydrogen-bond donors (Lipinski definition) is 3. The number of amides is 1. The summed E-state index contributed by atoms with van der Waals surface area (Å²) in [7, 11) is 1.75. The second-order valence-electron chi connectivity index (χ2n) is 3.77. The monoisotopic (exact) mass is 234 g/mol. The van der Waals surface area contributed by atoms with Crippen molar-refractivity contribution in [1.82, 2.24) is 25.3 Å². The van der Waals surface area contributed by atoms with Crippen molar-refractivity contribution in [3.05, 3.63) is 29.2 Å². The molecule has 0 radical (unpaired) electrons. The Kier molecular flexibility index (Phi) is 2.82. The van der Waals surface area contributed by atoms with E-state index >= 15 is 0 Å². The lowest BCUT2D eigenvalue weighted by molar-refractivity contribution is 0.0950. The Balaban J connectivity index is 2.02. The average molecular weight is 234 g/mol. The Labute approximate surface area is 98.0 Å². The molecule has 2 heterocycles. The van der Waals surface area contributed by atoms with E-state index in [9.17, 15) is 4.79 Å². The third-order valence-electron chi connectivity index (χ3n) is 2.58. The lowest BCUT2D eigenvalue weighted by Crippen LogP contribution is -2.23. The molecule has 7 nitrogen and oxygen atoms in total. The molecule has 0 aliphatic rings. The molecular formula is C10H14N6O. The topological polar surface area (TPSA) is 102 Å². The van der Waals surface area contributed by atoms with E-state index in [4.69, 9.17) is 5.73 Å². The highest BCUT2D eigenvalue weighted by Crippen LogP contribution is 2.09. The molecule has 2 aromatic heterocycles. The maximum Gasteiger partial charge on any atom is 0.255 e. The summed E-state index contributed by atoms with van der Waals surface area (Å²) in [6.45, 7) is 2.14. The molecule has 7 heteroatoms. The van der Waals surface area contributed by atoms with Crippen LogP contribution in [0.5, 0.6) is 0 Å². The molecule has 0 atom stereocenters. The van der Waals surface area contributed by atoms with Crippen LogP contribution in [0.25, 0.3) is 0 Å². The number of rotatable bonds is 3. The number of aromatic nitrogens is 4. The first kappa shape index (κ1) is 11.2. The Morgan fingerprint density at radius 3 is 2.88 bits per heavy atom. The van der Waals surface area contributed by atoms with E-state index in [1.165, 1.54) is 6.20 Å². The van der Waals surface area contributed by atoms with Crippen molar-refractivity contribution >= 4 is 11.7 Å². The zero-order valence-corrected chi connectivity index (χ0v) is 9.69. The van der Waals surface area contributed by atoms with Crippen LogP contribution in [-0.2, 0) is 13.6 Å². The number of nitrogen functional groups attached to an aromatic ring is 1. The Morgan fingerprint density at radius 1 is 1.59 bits per heavy atom. The zero-order valence-electron chi connectivity index (χ0n) is 9.69. The average Bonchev–Trinajstić information content (AvgIpc) is 2.85. The summed E-state index contributed by atoms with van der Waals surface area (Å²) >= 11 is 0. The van der Waals surface area contributed by atoms with Gasteiger partial charge in [0.2, 0.25) is 0 Å². The van der Waals surface area contributed by atoms with Crippen molar-refractivity contribution in [2.75, 3.05) is 5.73 Å². The largest absolute Gasteiger partial charge is 0.384 e. The Hall–Kier alpha value is -2.31. The van der Waals surface area contributed by atoms with Gasteiger partial charge in [0.15, 0.2) is 0 Å². The van der Waals surface area contributed by atoms with Gasteiger partial charge in [0.25, 0.3) is 5.91 Å². The number of H-pyrrole nitrogens is 1. The number of carbonyl (C=O) groups excluding carboxylic acids is 1. The van der Waals surface area contributed by atoms with Crippen molar-refractivity contribution in [3.8, 4) is 0 Å². The third-order valence-corrected chi connectivity index (χ3v) is 2.58. The molecule has 0 spiro atoms. The SMILES string of the molecule is Cc1[nH]ncc1C(=O)NCc1cnn(C)c1N. The first-order valence-corrected chi connectivity index (χ1v) is 5.14. The van der Waals surface area contributed by atoms with Crippen LogP contribution in [0.2, 0.25) is 0 Å². The van der Waals surface area contributed by atoms with Crippen molar-refractivity contribution in [1.29, 1.82) is 0 Å². The van der Waals surface area contributed by atoms with Crippen LogP contribution in [0.15, 0.2) is 12.4 Å². The van der Waals surface area contributed by atoms with E-state index in [2.05, 4.69) is 20.6 Å². The van der Waals surface area contributed by atoms with Gasteiger partial charge in [0.05, 0.1) is 18.0 Å². The van der Waals surface area contributed by atoms with Crippen LogP contribution in [0, 0.1) is 6.92 Å². The van der Waals surface area contributed by atoms with Gasteiger partial charge in [-0.05, 0) is 6.92 Å². The molecular weight excluding hydrogens is 220 g/mol. The minimum Gasteiger partial charge on any atom is -0.384 e. The summed E-state index contributed by atoms with van der Waals surface area (Å²) in [5.41, 5.74) is 7.83. The minimum absolute atomic E-state index is 0.181. The normalized spacial score (nSPS) is 10.5. The Morgan fingerprint density at radius 2 is 2.35 bits per heavy atom. The quantitative estimate of drug-likeness (QED) is 0.693. The van der Waals surface area contributed by atoms with Crippen LogP contribution in [0.4, 0.5) is 5.82 Å². The molecule has 0 unspecified atom stereocenters. The molecule has 0 aromatic carbocycles. The van der Waals surface area contributed by atoms with E-state index in [0.29, 0.717) is 17.9 Å². The van der Waals surface area contributed by atoms with Crippen LogP contribution in [0.3, 0.4) is 0 Å². The summed E-state index contributed by atoms with van der Waals surface area (Å²) < 4.78 is 1.56. The first-order valence-electron chi connectivity index (χ1n) is 5.14. The fourth-order valence-corrected chi connectivity index (χ4v) is 1.48. The molecule has 0 saturated carbocycles. The predicted octanol–water partition coefficient (Wildman–Crippen LogP) is -0.0362. The molecule has 4 N–H and O–H groups in total. The van der Waals surface area contributed by atoms with Crippen molar-refractivity contribution in [3.63, 3.8) is 0 Å². The number of carbonyl (C=O) groups is 1. The number of nitrogens with zero attached hydrogens (tertiary/aromatic N) is 3. The number of nitrogens with two attached hydrogens (primary N) is 1. The van der Waals surface area contributed by atoms with E-state index in [0.717, 1.165) is 11.3 Å². The van der Waals surface area contributed by atoms with Gasteiger partial charge >= 0.3 is 0 Å². The third kappa shape index (κ3) is 2.12. The zero-order chi connectivity index (χ0) is 12.4. The molecule has 1 amide bonds. The maximum absolute atomic E-state index is 11.8. The summed E-state index contributed by atoms with van der Waals surface area (Å²) in [4.78, 5) is 11.8. The lowest BCUT2D eigenvalue weighted by atomic mass is 10.2. The molecule has 0 fully saturated rings. The van der Waals surface area contributed by atoms with Crippen molar-refractivity contribution in [2.24, 2.45) is 7.05 Å². The van der Waals surface area contributed by atoms with Crippen LogP contribution < -0.4 is 11.1 Å². The van der Waals surface area contributed by atoms with Crippen molar-refractivity contribution in [2.45, 2.75) is 13.5 Å². The molecule has 0 bridgehead atoms. The fourth-order valence-electron chi connectivity index (χ4n) is 1.48. The van der Waals surface area contributed by atoms with E-state index < -0.39 is 0 Å². The highest BCUT2D eigenvalue weighted by molar-refractivity contribution is 5.94. The molecule has 2 aromatic rings. The summed E-state index contributed by atoms with van der Waals surface area (Å²) in [6.07, 6.45) is 3.13. The predicted molar refractivity (Wildman–Crippen MR) is 62.1 cm³/mol. The van der Waals surface area contributed by atoms with Gasteiger partial charge in [-0.15, -0.1) is 0 Å². The first-order chi connectivity index (χ1) is 8.09. The summed E-state index contributed by atoms with van der Waals surface area (Å²) in [6, 6.07) is 0. The second kappa shape index (κ2) is 4.28. The van der Waals surface area contributed by atoms with Gasteiger partial charge in [0.1, 0.15) is 5.82 Å². The van der Waals surface area contributed by atoms with Gasteiger partial charge in [-0.1, -0.05) is 0 Å². The maximum atomic E-state index is 11.8. The minimum atomic E-state index is -0.181. The number of aromatic amines is 1. The Bertz CT molecular complexity index is 541. The number of anilines is 1. The number of hydrogen-bond acceptors (Lipinski definition) is 4. The molecule has 0 aliphatic carbocycles. The molecule has 17 heavy (non-hydrogen) atoms. The highest BCUT2D eigenvalue weighted by atomic mass is 16.1. The summed E-state index contributed by atoms with van der Waals surface area (Å²) in [5.74, 6) is 0.369. The lowest BCUT2D eigenvalue weighted by Gasteiger charge is -2.03. The summed E-state index contributed by atoms with van der Waals surface area (Å²) in [5, 5.41) is 13.3. The number of nitrogens with one attached hydrogen (secondary N) is 2. The van der Waals surface area contributed by atoms with E-state index in [-0.39, 0.29) is 5.91 Å². The van der Waals surface area contributed by atoms with Crippen LogP contribution in [-0.4, -0.2) is 25.9 Å². The highest BCUT2D eigenvalue weighted by Gasteiger charge is 2.11. The molecule has 90 valence electrons. The van der Waals surface area contributed by atoms with Crippen LogP contribution in [0.1, 0.15) is 21.6 Å². The van der Waals surface area contributed by atoms with Gasteiger partial charge < -0.3 is 11.1 Å². The van der Waals surface area contributed by atoms with Gasteiger partial charge in [-0.3, -0.25) is 14.6 Å². The second-order valence-corrected chi connectivity index (χ2v) is 3.77. The van der Waals surface area contributed by atoms with Gasteiger partial charge in [0, 0.05) is 24.8 Å². The van der Waals surface area contributed by atoms with E-state index in [1.807, 2.05) is 0 Å². The molecule has 0 aliphatic heterocycles. The molecule has 0 saturated heterocycles. The van der Waals surface area contributed by atoms with Gasteiger partial charge in [-0.2, -0.15) is 10.2 Å². The molecule has 2 rings (SSSR count).